The molecule has 2 aromatic carbocycles. The minimum Gasteiger partial charge on any atom is -0.326 e. The van der Waals surface area contributed by atoms with Gasteiger partial charge in [0.05, 0.1) is 11.4 Å². The second-order valence-corrected chi connectivity index (χ2v) is 7.59. The van der Waals surface area contributed by atoms with Gasteiger partial charge in [-0.25, -0.2) is 0 Å². The fourth-order valence-corrected chi connectivity index (χ4v) is 3.34. The Labute approximate surface area is 189 Å². The van der Waals surface area contributed by atoms with Gasteiger partial charge in [0.2, 0.25) is 22.9 Å². The van der Waals surface area contributed by atoms with Crippen LogP contribution >= 0.6 is 11.8 Å². The van der Waals surface area contributed by atoms with E-state index in [1.54, 1.807) is 62.4 Å². The monoisotopic (exact) mass is 453 g/mol. The van der Waals surface area contributed by atoms with E-state index in [4.69, 9.17) is 0 Å². The van der Waals surface area contributed by atoms with Gasteiger partial charge in [0.1, 0.15) is 0 Å². The number of hydrogen-bond donors (Lipinski definition) is 3. The number of aromatic nitrogens is 4. The number of benzene rings is 2. The number of tetrazole rings is 1. The molecule has 11 heteroatoms. The molecule has 10 nitrogen and oxygen atoms in total. The molecule has 0 unspecified atom stereocenters. The van der Waals surface area contributed by atoms with Gasteiger partial charge in [0.15, 0.2) is 0 Å². The van der Waals surface area contributed by atoms with E-state index in [2.05, 4.69) is 31.5 Å². The smallest absolute Gasteiger partial charge is 0.234 e. The summed E-state index contributed by atoms with van der Waals surface area (Å²) < 4.78 is 1.50. The molecule has 0 saturated carbocycles. The van der Waals surface area contributed by atoms with Crippen molar-refractivity contribution in [2.75, 3.05) is 21.7 Å². The van der Waals surface area contributed by atoms with Gasteiger partial charge in [-0.3, -0.25) is 14.4 Å². The van der Waals surface area contributed by atoms with Gasteiger partial charge in [-0.05, 0) is 46.8 Å². The Morgan fingerprint density at radius 3 is 2.03 bits per heavy atom. The van der Waals surface area contributed by atoms with Crippen molar-refractivity contribution >= 4 is 46.5 Å². The normalized spacial score (nSPS) is 10.4. The Morgan fingerprint density at radius 2 is 1.41 bits per heavy atom. The summed E-state index contributed by atoms with van der Waals surface area (Å²) in [5.74, 6) is -0.358. The predicted molar refractivity (Wildman–Crippen MR) is 123 cm³/mol. The van der Waals surface area contributed by atoms with Crippen molar-refractivity contribution in [3.05, 3.63) is 48.5 Å². The van der Waals surface area contributed by atoms with Gasteiger partial charge in [-0.1, -0.05) is 37.7 Å². The minimum absolute atomic E-state index is 0.0815. The highest BCUT2D eigenvalue weighted by Gasteiger charge is 2.13. The number of thioether (sulfide) groups is 1. The van der Waals surface area contributed by atoms with Crippen LogP contribution in [0.3, 0.4) is 0 Å². The van der Waals surface area contributed by atoms with E-state index in [0.717, 1.165) is 0 Å². The topological polar surface area (TPSA) is 131 Å². The largest absolute Gasteiger partial charge is 0.326 e. The highest BCUT2D eigenvalue weighted by atomic mass is 32.2. The fraction of sp³-hybridized carbons (Fsp3) is 0.238. The summed E-state index contributed by atoms with van der Waals surface area (Å²) in [6.07, 6.45) is 0.745. The molecule has 32 heavy (non-hydrogen) atoms. The molecule has 0 aliphatic rings. The Morgan fingerprint density at radius 1 is 0.844 bits per heavy atom. The molecule has 0 atom stereocenters. The average Bonchev–Trinajstić information content (AvgIpc) is 3.26. The molecular weight excluding hydrogens is 430 g/mol. The van der Waals surface area contributed by atoms with Gasteiger partial charge >= 0.3 is 0 Å². The third kappa shape index (κ3) is 6.38. The molecule has 3 aromatic rings. The van der Waals surface area contributed by atoms with Crippen LogP contribution in [-0.4, -0.2) is 43.7 Å². The molecule has 0 fully saturated rings. The number of carbonyl (C=O) groups excluding carboxylic acids is 3. The summed E-state index contributed by atoms with van der Waals surface area (Å²) in [7, 11) is 0. The van der Waals surface area contributed by atoms with Crippen LogP contribution < -0.4 is 16.0 Å². The molecule has 166 valence electrons. The van der Waals surface area contributed by atoms with Gasteiger partial charge < -0.3 is 16.0 Å². The predicted octanol–water partition coefficient (Wildman–Crippen LogP) is 3.09. The summed E-state index contributed by atoms with van der Waals surface area (Å²) >= 11 is 1.18. The van der Waals surface area contributed by atoms with Gasteiger partial charge in [0.25, 0.3) is 0 Å². The van der Waals surface area contributed by atoms with Crippen molar-refractivity contribution in [2.45, 2.75) is 31.8 Å². The van der Waals surface area contributed by atoms with Crippen LogP contribution in [0.4, 0.5) is 17.1 Å². The zero-order valence-electron chi connectivity index (χ0n) is 17.7. The molecular formula is C21H23N7O3S. The van der Waals surface area contributed by atoms with Crippen molar-refractivity contribution in [3.63, 3.8) is 0 Å². The van der Waals surface area contributed by atoms with Gasteiger partial charge in [-0.15, -0.1) is 5.10 Å². The lowest BCUT2D eigenvalue weighted by Crippen LogP contribution is -2.15. The summed E-state index contributed by atoms with van der Waals surface area (Å²) in [4.78, 5) is 35.6. The lowest BCUT2D eigenvalue weighted by molar-refractivity contribution is -0.116. The first-order chi connectivity index (χ1) is 15.5. The average molecular weight is 454 g/mol. The number of anilines is 3. The van der Waals surface area contributed by atoms with Crippen LogP contribution in [-0.2, 0) is 14.4 Å². The molecule has 0 aliphatic carbocycles. The molecule has 1 aromatic heterocycles. The van der Waals surface area contributed by atoms with Crippen LogP contribution in [0.1, 0.15) is 26.7 Å². The van der Waals surface area contributed by atoms with E-state index in [9.17, 15) is 14.4 Å². The van der Waals surface area contributed by atoms with Crippen LogP contribution in [0.5, 0.6) is 0 Å². The SMILES string of the molecule is CCC(=O)Nc1cccc(NC(=O)CSc2nnnn2-c2cccc(NC(=O)CC)c2)c1. The molecule has 0 radical (unpaired) electrons. The fourth-order valence-electron chi connectivity index (χ4n) is 2.65. The minimum atomic E-state index is -0.243. The van der Waals surface area contributed by atoms with Crippen molar-refractivity contribution in [3.8, 4) is 5.69 Å². The number of amides is 3. The molecule has 0 bridgehead atoms. The van der Waals surface area contributed by atoms with Crippen molar-refractivity contribution in [2.24, 2.45) is 0 Å². The quantitative estimate of drug-likeness (QED) is 0.424. The van der Waals surface area contributed by atoms with E-state index in [0.29, 0.717) is 40.7 Å². The Hall–Kier alpha value is -3.73. The lowest BCUT2D eigenvalue weighted by Gasteiger charge is -2.09. The summed E-state index contributed by atoms with van der Waals surface area (Å²) in [5, 5.41) is 20.4. The molecule has 3 amide bonds. The van der Waals surface area contributed by atoms with Crippen LogP contribution in [0, 0.1) is 0 Å². The van der Waals surface area contributed by atoms with E-state index in [1.807, 2.05) is 0 Å². The first-order valence-corrected chi connectivity index (χ1v) is 11.0. The maximum atomic E-state index is 12.4. The summed E-state index contributed by atoms with van der Waals surface area (Å²) in [6, 6.07) is 14.1. The first kappa shape index (κ1) is 22.9. The Balaban J connectivity index is 1.62. The third-order valence-corrected chi connectivity index (χ3v) is 5.14. The third-order valence-electron chi connectivity index (χ3n) is 4.22. The van der Waals surface area contributed by atoms with Crippen LogP contribution in [0.25, 0.3) is 5.69 Å². The lowest BCUT2D eigenvalue weighted by atomic mass is 10.2. The number of hydrogen-bond acceptors (Lipinski definition) is 7. The maximum absolute atomic E-state index is 12.4. The Bertz CT molecular complexity index is 1120. The first-order valence-electron chi connectivity index (χ1n) is 9.99. The summed E-state index contributed by atoms with van der Waals surface area (Å²) in [5.41, 5.74) is 2.48. The zero-order valence-corrected chi connectivity index (χ0v) is 18.5. The highest BCUT2D eigenvalue weighted by molar-refractivity contribution is 7.99. The van der Waals surface area contributed by atoms with E-state index >= 15 is 0 Å². The van der Waals surface area contributed by atoms with E-state index < -0.39 is 0 Å². The van der Waals surface area contributed by atoms with Crippen LogP contribution in [0.15, 0.2) is 53.7 Å². The standard InChI is InChI=1S/C21H23N7O3S/c1-3-18(29)22-14-7-5-8-15(11-14)24-20(31)13-32-21-25-26-27-28(21)17-10-6-9-16(12-17)23-19(30)4-2/h5-12H,3-4,13H2,1-2H3,(H,22,29)(H,23,30)(H,24,31). The van der Waals surface area contributed by atoms with Crippen molar-refractivity contribution in [1.82, 2.24) is 20.2 Å². The van der Waals surface area contributed by atoms with Crippen LogP contribution in [0.2, 0.25) is 0 Å². The molecule has 3 N–H and O–H groups in total. The van der Waals surface area contributed by atoms with Crippen molar-refractivity contribution in [1.29, 1.82) is 0 Å². The zero-order chi connectivity index (χ0) is 22.9. The highest BCUT2D eigenvalue weighted by Crippen LogP contribution is 2.21. The summed E-state index contributed by atoms with van der Waals surface area (Å²) in [6.45, 7) is 3.54. The maximum Gasteiger partial charge on any atom is 0.234 e. The molecule has 0 saturated heterocycles. The van der Waals surface area contributed by atoms with E-state index in [-0.39, 0.29) is 23.5 Å². The van der Waals surface area contributed by atoms with Gasteiger partial charge in [0, 0.05) is 29.9 Å². The molecule has 0 spiro atoms. The molecule has 1 heterocycles. The number of carbonyl (C=O) groups is 3. The second-order valence-electron chi connectivity index (χ2n) is 6.64. The van der Waals surface area contributed by atoms with E-state index in [1.165, 1.54) is 16.4 Å². The Kier molecular flexibility index (Phi) is 7.92. The molecule has 0 aliphatic heterocycles. The molecule has 3 rings (SSSR count). The number of nitrogens with one attached hydrogen (secondary N) is 3. The number of nitrogens with zero attached hydrogens (tertiary/aromatic N) is 4. The van der Waals surface area contributed by atoms with Gasteiger partial charge in [-0.2, -0.15) is 4.68 Å². The van der Waals surface area contributed by atoms with Crippen molar-refractivity contribution < 1.29 is 14.4 Å². The second kappa shape index (κ2) is 11.0. The number of rotatable bonds is 9.